The van der Waals surface area contributed by atoms with E-state index in [9.17, 15) is 19.5 Å². The molecule has 3 aliphatic rings. The van der Waals surface area contributed by atoms with E-state index in [0.717, 1.165) is 35.5 Å². The van der Waals surface area contributed by atoms with E-state index in [0.29, 0.717) is 70.6 Å². The number of carbonyl (C=O) groups excluding carboxylic acids is 3. The smallest absolute Gasteiger partial charge is 0.253 e. The standard InChI is InChI=1S/C33H48N6O5.2ClH/c1-6-7-16-38-31(42)28(29(40)24-12-19-44-20-13-24)34-32(43)33(38)14-17-37(18-15-33)21-27-22(2)35-39(23(27)3)26-10-8-25(9-11-26)30(41)36(4)5;;/h8-11,24,28-29,40H,6-7,12-21H2,1-5H3,(H,34,43);2*1H/t28-,29-;;/m1../s1. The van der Waals surface area contributed by atoms with Gasteiger partial charge in [0.15, 0.2) is 0 Å². The number of amides is 3. The number of rotatable bonds is 9. The summed E-state index contributed by atoms with van der Waals surface area (Å²) in [6.07, 6.45) is 3.28. The monoisotopic (exact) mass is 680 g/mol. The Morgan fingerprint density at radius 2 is 1.74 bits per heavy atom. The van der Waals surface area contributed by atoms with Crippen LogP contribution in [-0.4, -0.2) is 112 Å². The number of benzene rings is 1. The number of hydrogen-bond donors (Lipinski definition) is 2. The summed E-state index contributed by atoms with van der Waals surface area (Å²) in [6.45, 7) is 9.84. The molecule has 2 aromatic rings. The van der Waals surface area contributed by atoms with Crippen LogP contribution in [-0.2, 0) is 20.9 Å². The Morgan fingerprint density at radius 1 is 1.11 bits per heavy atom. The highest BCUT2D eigenvalue weighted by atomic mass is 35.5. The van der Waals surface area contributed by atoms with Crippen molar-refractivity contribution in [3.05, 3.63) is 46.8 Å². The number of nitrogens with one attached hydrogen (secondary N) is 1. The van der Waals surface area contributed by atoms with Gasteiger partial charge in [-0.25, -0.2) is 4.68 Å². The fraction of sp³-hybridized carbons (Fsp3) is 0.636. The van der Waals surface area contributed by atoms with Gasteiger partial charge in [0.1, 0.15) is 11.6 Å². The maximum absolute atomic E-state index is 13.9. The summed E-state index contributed by atoms with van der Waals surface area (Å²) >= 11 is 0. The van der Waals surface area contributed by atoms with Gasteiger partial charge in [0.05, 0.1) is 17.5 Å². The third kappa shape index (κ3) is 7.39. The predicted octanol–water partition coefficient (Wildman–Crippen LogP) is 3.28. The number of halogens is 2. The van der Waals surface area contributed by atoms with Crippen molar-refractivity contribution in [2.24, 2.45) is 5.92 Å². The Bertz CT molecular complexity index is 1350. The lowest BCUT2D eigenvalue weighted by Gasteiger charge is -2.52. The van der Waals surface area contributed by atoms with Gasteiger partial charge in [-0.05, 0) is 76.1 Å². The van der Waals surface area contributed by atoms with E-state index >= 15 is 0 Å². The van der Waals surface area contributed by atoms with Crippen LogP contribution in [0.25, 0.3) is 5.69 Å². The van der Waals surface area contributed by atoms with Gasteiger partial charge in [-0.2, -0.15) is 5.10 Å². The number of aromatic nitrogens is 2. The van der Waals surface area contributed by atoms with Crippen LogP contribution in [0.5, 0.6) is 0 Å². The molecule has 0 saturated carbocycles. The van der Waals surface area contributed by atoms with Crippen molar-refractivity contribution in [3.63, 3.8) is 0 Å². The normalized spacial score (nSPS) is 20.9. The van der Waals surface area contributed by atoms with Crippen LogP contribution in [0.4, 0.5) is 0 Å². The number of aryl methyl sites for hydroxylation is 1. The first-order valence-corrected chi connectivity index (χ1v) is 16.0. The summed E-state index contributed by atoms with van der Waals surface area (Å²) in [5.41, 5.74) is 3.75. The Morgan fingerprint density at radius 3 is 2.33 bits per heavy atom. The van der Waals surface area contributed by atoms with E-state index in [1.54, 1.807) is 23.9 Å². The van der Waals surface area contributed by atoms with E-state index in [2.05, 4.69) is 24.1 Å². The number of unbranched alkanes of at least 4 members (excludes halogenated alkanes) is 1. The van der Waals surface area contributed by atoms with Crippen molar-refractivity contribution in [1.82, 2.24) is 29.8 Å². The lowest BCUT2D eigenvalue weighted by molar-refractivity contribution is -0.166. The first-order valence-electron chi connectivity index (χ1n) is 16.0. The molecule has 1 aromatic carbocycles. The number of likely N-dealkylation sites (tertiary alicyclic amines) is 1. The van der Waals surface area contributed by atoms with Crippen molar-refractivity contribution in [3.8, 4) is 5.69 Å². The zero-order chi connectivity index (χ0) is 31.6. The van der Waals surface area contributed by atoms with Gasteiger partial charge in [-0.3, -0.25) is 19.3 Å². The Labute approximate surface area is 284 Å². The van der Waals surface area contributed by atoms with Crippen molar-refractivity contribution >= 4 is 42.5 Å². The first-order chi connectivity index (χ1) is 21.1. The molecular weight excluding hydrogens is 631 g/mol. The van der Waals surface area contributed by atoms with Gasteiger partial charge in [-0.1, -0.05) is 13.3 Å². The van der Waals surface area contributed by atoms with Crippen molar-refractivity contribution in [1.29, 1.82) is 0 Å². The molecule has 256 valence electrons. The SMILES string of the molecule is CCCCN1C(=O)[C@@H]([C@H](O)C2CCOCC2)NC(=O)C12CCN(Cc1c(C)nn(-c3ccc(C(=O)N(C)C)cc3)c1C)CC2.Cl.Cl. The number of hydrogen-bond acceptors (Lipinski definition) is 7. The second kappa shape index (κ2) is 15.9. The summed E-state index contributed by atoms with van der Waals surface area (Å²) in [7, 11) is 3.48. The highest BCUT2D eigenvalue weighted by Gasteiger charge is 2.55. The lowest BCUT2D eigenvalue weighted by Crippen LogP contribution is -2.75. The predicted molar refractivity (Wildman–Crippen MR) is 181 cm³/mol. The summed E-state index contributed by atoms with van der Waals surface area (Å²) in [6, 6.07) is 6.58. The van der Waals surface area contributed by atoms with Gasteiger partial charge in [0.2, 0.25) is 11.8 Å². The summed E-state index contributed by atoms with van der Waals surface area (Å²) in [5, 5.41) is 19.0. The van der Waals surface area contributed by atoms with Crippen LogP contribution >= 0.6 is 24.8 Å². The van der Waals surface area contributed by atoms with Gasteiger partial charge in [0, 0.05) is 70.3 Å². The van der Waals surface area contributed by atoms with E-state index in [1.807, 2.05) is 35.9 Å². The molecule has 3 aliphatic heterocycles. The maximum atomic E-state index is 13.9. The van der Waals surface area contributed by atoms with Crippen LogP contribution in [0.1, 0.15) is 72.8 Å². The molecule has 4 heterocycles. The van der Waals surface area contributed by atoms with E-state index in [-0.39, 0.29) is 48.5 Å². The van der Waals surface area contributed by atoms with E-state index in [1.165, 1.54) is 0 Å². The number of ether oxygens (including phenoxy) is 1. The van der Waals surface area contributed by atoms with Gasteiger partial charge in [-0.15, -0.1) is 24.8 Å². The van der Waals surface area contributed by atoms with E-state index in [4.69, 9.17) is 9.84 Å². The molecule has 1 spiro atoms. The van der Waals surface area contributed by atoms with Crippen molar-refractivity contribution < 1.29 is 24.2 Å². The van der Waals surface area contributed by atoms with Crippen molar-refractivity contribution in [2.75, 3.05) is 46.9 Å². The van der Waals surface area contributed by atoms with Crippen LogP contribution in [0.15, 0.2) is 24.3 Å². The average Bonchev–Trinajstić information content (AvgIpc) is 3.31. The van der Waals surface area contributed by atoms with Crippen LogP contribution in [0.2, 0.25) is 0 Å². The summed E-state index contributed by atoms with van der Waals surface area (Å²) in [4.78, 5) is 45.7. The molecule has 0 radical (unpaired) electrons. The summed E-state index contributed by atoms with van der Waals surface area (Å²) in [5.74, 6) is -0.397. The zero-order valence-electron chi connectivity index (χ0n) is 27.7. The van der Waals surface area contributed by atoms with Crippen LogP contribution in [0, 0.1) is 19.8 Å². The number of aliphatic hydroxyl groups excluding tert-OH is 1. The highest BCUT2D eigenvalue weighted by molar-refractivity contribution is 6.00. The molecule has 5 rings (SSSR count). The molecule has 11 nitrogen and oxygen atoms in total. The minimum atomic E-state index is -0.913. The minimum Gasteiger partial charge on any atom is -0.390 e. The molecule has 2 N–H and O–H groups in total. The second-order valence-corrected chi connectivity index (χ2v) is 12.9. The second-order valence-electron chi connectivity index (χ2n) is 12.9. The molecule has 0 aliphatic carbocycles. The molecule has 0 unspecified atom stereocenters. The minimum absolute atomic E-state index is 0. The Balaban J connectivity index is 0.00000288. The maximum Gasteiger partial charge on any atom is 0.253 e. The van der Waals surface area contributed by atoms with Gasteiger partial charge < -0.3 is 25.0 Å². The molecule has 3 fully saturated rings. The largest absolute Gasteiger partial charge is 0.390 e. The molecular formula is C33H50Cl2N6O5. The fourth-order valence-corrected chi connectivity index (χ4v) is 7.00. The first kappa shape index (κ1) is 37.8. The van der Waals surface area contributed by atoms with E-state index < -0.39 is 17.7 Å². The molecule has 0 bridgehead atoms. The number of piperazine rings is 1. The molecule has 13 heteroatoms. The Kier molecular flexibility index (Phi) is 13.1. The fourth-order valence-electron chi connectivity index (χ4n) is 7.00. The molecule has 3 saturated heterocycles. The van der Waals surface area contributed by atoms with Gasteiger partial charge in [0.25, 0.3) is 5.91 Å². The molecule has 1 aromatic heterocycles. The number of nitrogens with zero attached hydrogens (tertiary/aromatic N) is 5. The number of piperidine rings is 1. The Hall–Kier alpha value is -2.70. The number of carbonyl (C=O) groups is 3. The van der Waals surface area contributed by atoms with Gasteiger partial charge >= 0.3 is 0 Å². The van der Waals surface area contributed by atoms with Crippen LogP contribution in [0.3, 0.4) is 0 Å². The summed E-state index contributed by atoms with van der Waals surface area (Å²) < 4.78 is 7.36. The van der Waals surface area contributed by atoms with Crippen molar-refractivity contribution in [2.45, 2.75) is 83.5 Å². The number of aliphatic hydroxyl groups is 1. The molecule has 46 heavy (non-hydrogen) atoms. The molecule has 2 atom stereocenters. The lowest BCUT2D eigenvalue weighted by atomic mass is 9.79. The molecule has 3 amide bonds. The highest BCUT2D eigenvalue weighted by Crippen LogP contribution is 2.36. The third-order valence-corrected chi connectivity index (χ3v) is 9.85. The van der Waals surface area contributed by atoms with Crippen LogP contribution < -0.4 is 5.32 Å². The average molecular weight is 682 g/mol. The third-order valence-electron chi connectivity index (χ3n) is 9.85. The zero-order valence-corrected chi connectivity index (χ0v) is 29.3. The topological polar surface area (TPSA) is 120 Å². The quantitative estimate of drug-likeness (QED) is 0.417.